The Hall–Kier alpha value is -2.07. The van der Waals surface area contributed by atoms with Crippen LogP contribution in [0.3, 0.4) is 0 Å². The Bertz CT molecular complexity index is 840. The minimum Gasteiger partial charge on any atom is -0.341 e. The smallest absolute Gasteiger partial charge is 0.154 e. The summed E-state index contributed by atoms with van der Waals surface area (Å²) in [5.41, 5.74) is 3.71. The molecule has 0 spiro atoms. The first-order valence-corrected chi connectivity index (χ1v) is 8.53. The third-order valence-electron chi connectivity index (χ3n) is 5.06. The normalized spacial score (nSPS) is 18.6. The van der Waals surface area contributed by atoms with Gasteiger partial charge in [-0.15, -0.1) is 0 Å². The molecule has 3 nitrogen and oxygen atoms in total. The monoisotopic (exact) mass is 303 g/mol. The predicted molar refractivity (Wildman–Crippen MR) is 98.8 cm³/mol. The molecule has 1 fully saturated rings. The van der Waals surface area contributed by atoms with Crippen LogP contribution in [0.1, 0.15) is 24.7 Å². The topological polar surface area (TPSA) is 31.9 Å². The van der Waals surface area contributed by atoms with Gasteiger partial charge in [0, 0.05) is 5.56 Å². The summed E-state index contributed by atoms with van der Waals surface area (Å²) < 4.78 is 0. The highest BCUT2D eigenvalue weighted by molar-refractivity contribution is 6.52. The number of hydrogen-bond donors (Lipinski definition) is 1. The molecule has 1 atom stereocenters. The summed E-state index contributed by atoms with van der Waals surface area (Å²) in [5, 5.41) is 2.59. The molecule has 1 aliphatic rings. The molecule has 23 heavy (non-hydrogen) atoms. The average Bonchev–Trinajstić information content (AvgIpc) is 3.22. The van der Waals surface area contributed by atoms with Gasteiger partial charge >= 0.3 is 0 Å². The molecule has 0 unspecified atom stereocenters. The zero-order valence-corrected chi connectivity index (χ0v) is 13.8. The Morgan fingerprint density at radius 3 is 2.78 bits per heavy atom. The van der Waals surface area contributed by atoms with E-state index in [1.807, 2.05) is 6.20 Å². The first-order chi connectivity index (χ1) is 11.2. The number of rotatable bonds is 3. The quantitative estimate of drug-likeness (QED) is 0.754. The predicted octanol–water partition coefficient (Wildman–Crippen LogP) is 3.11. The van der Waals surface area contributed by atoms with Gasteiger partial charge in [0.1, 0.15) is 5.82 Å². The number of likely N-dealkylation sites (tertiary alicyclic amines) is 1. The highest BCUT2D eigenvalue weighted by Crippen LogP contribution is 2.30. The molecule has 2 heterocycles. The Morgan fingerprint density at radius 1 is 1.17 bits per heavy atom. The minimum absolute atomic E-state index is 0.441. The summed E-state index contributed by atoms with van der Waals surface area (Å²) in [6.07, 6.45) is 4.43. The molecule has 4 heteroatoms. The third kappa shape index (κ3) is 2.68. The number of aromatic amines is 1. The van der Waals surface area contributed by atoms with E-state index in [1.54, 1.807) is 0 Å². The summed E-state index contributed by atoms with van der Waals surface area (Å²) in [6, 6.07) is 13.8. The van der Waals surface area contributed by atoms with Gasteiger partial charge in [-0.1, -0.05) is 42.6 Å². The summed E-state index contributed by atoms with van der Waals surface area (Å²) in [4.78, 5) is 10.6. The second kappa shape index (κ2) is 5.86. The van der Waals surface area contributed by atoms with Crippen molar-refractivity contribution in [1.82, 2.24) is 14.9 Å². The van der Waals surface area contributed by atoms with E-state index in [9.17, 15) is 0 Å². The van der Waals surface area contributed by atoms with Crippen LogP contribution < -0.4 is 5.46 Å². The molecule has 3 aromatic rings. The van der Waals surface area contributed by atoms with Crippen molar-refractivity contribution in [2.45, 2.75) is 25.7 Å². The van der Waals surface area contributed by atoms with Crippen LogP contribution in [-0.2, 0) is 0 Å². The summed E-state index contributed by atoms with van der Waals surface area (Å²) in [7, 11) is 3.26. The van der Waals surface area contributed by atoms with Crippen LogP contribution in [0.4, 0.5) is 0 Å². The van der Waals surface area contributed by atoms with Crippen molar-refractivity contribution in [3.05, 3.63) is 48.4 Å². The van der Waals surface area contributed by atoms with Crippen LogP contribution in [0, 0.1) is 0 Å². The van der Waals surface area contributed by atoms with Crippen molar-refractivity contribution < 1.29 is 0 Å². The van der Waals surface area contributed by atoms with Crippen LogP contribution in [0.2, 0.25) is 6.82 Å². The lowest BCUT2D eigenvalue weighted by Crippen LogP contribution is -2.18. The van der Waals surface area contributed by atoms with Gasteiger partial charge in [0.15, 0.2) is 7.28 Å². The highest BCUT2D eigenvalue weighted by atomic mass is 15.2. The fourth-order valence-corrected chi connectivity index (χ4v) is 3.59. The number of H-pyrrole nitrogens is 1. The van der Waals surface area contributed by atoms with E-state index in [-0.39, 0.29) is 0 Å². The van der Waals surface area contributed by atoms with Gasteiger partial charge in [0.25, 0.3) is 0 Å². The number of imidazole rings is 1. The Balaban J connectivity index is 1.67. The summed E-state index contributed by atoms with van der Waals surface area (Å²) >= 11 is 0. The van der Waals surface area contributed by atoms with E-state index in [4.69, 9.17) is 0 Å². The number of aromatic nitrogens is 2. The van der Waals surface area contributed by atoms with Crippen molar-refractivity contribution >= 4 is 23.5 Å². The fraction of sp³-hybridized carbons (Fsp3) is 0.316. The van der Waals surface area contributed by atoms with Crippen LogP contribution in [0.5, 0.6) is 0 Å². The van der Waals surface area contributed by atoms with Gasteiger partial charge in [-0.3, -0.25) is 4.90 Å². The van der Waals surface area contributed by atoms with Gasteiger partial charge in [-0.25, -0.2) is 4.98 Å². The first-order valence-electron chi connectivity index (χ1n) is 8.53. The van der Waals surface area contributed by atoms with E-state index in [2.05, 4.69) is 65.1 Å². The molecule has 1 aromatic heterocycles. The molecular formula is C19H22BN3. The highest BCUT2D eigenvalue weighted by Gasteiger charge is 2.25. The largest absolute Gasteiger partial charge is 0.341 e. The van der Waals surface area contributed by atoms with Crippen LogP contribution in [-0.4, -0.2) is 35.7 Å². The molecule has 0 aliphatic carbocycles. The molecule has 0 radical (unpaired) electrons. The third-order valence-corrected chi connectivity index (χ3v) is 5.06. The first kappa shape index (κ1) is 14.5. The maximum atomic E-state index is 4.64. The van der Waals surface area contributed by atoms with Gasteiger partial charge in [-0.2, -0.15) is 0 Å². The molecule has 0 amide bonds. The van der Waals surface area contributed by atoms with Gasteiger partial charge in [-0.05, 0) is 43.3 Å². The van der Waals surface area contributed by atoms with Gasteiger partial charge < -0.3 is 4.98 Å². The van der Waals surface area contributed by atoms with Gasteiger partial charge in [0.05, 0.1) is 17.9 Å². The molecule has 1 N–H and O–H groups in total. The zero-order valence-electron chi connectivity index (χ0n) is 13.8. The molecule has 1 aliphatic heterocycles. The van der Waals surface area contributed by atoms with Crippen molar-refractivity contribution in [3.63, 3.8) is 0 Å². The summed E-state index contributed by atoms with van der Waals surface area (Å²) in [5.74, 6) is 1.10. The van der Waals surface area contributed by atoms with E-state index in [1.165, 1.54) is 34.6 Å². The van der Waals surface area contributed by atoms with Crippen LogP contribution >= 0.6 is 0 Å². The van der Waals surface area contributed by atoms with Crippen molar-refractivity contribution in [2.24, 2.45) is 0 Å². The maximum Gasteiger partial charge on any atom is 0.154 e. The SMILES string of the molecule is CBc1ccc2cc(-c3cnc([C@@H]4CCCN4C)[nH]3)ccc2c1. The Kier molecular flexibility index (Phi) is 3.70. The second-order valence-electron chi connectivity index (χ2n) is 6.57. The lowest BCUT2D eigenvalue weighted by molar-refractivity contribution is 0.307. The average molecular weight is 303 g/mol. The molecule has 116 valence electrons. The van der Waals surface area contributed by atoms with E-state index < -0.39 is 0 Å². The minimum atomic E-state index is 0.441. The number of fused-ring (bicyclic) bond motifs is 1. The number of benzene rings is 2. The number of nitrogens with one attached hydrogen (secondary N) is 1. The lowest BCUT2D eigenvalue weighted by atomic mass is 9.73. The molecule has 4 rings (SSSR count). The summed E-state index contributed by atoms with van der Waals surface area (Å²) in [6.45, 7) is 3.36. The lowest BCUT2D eigenvalue weighted by Gasteiger charge is -2.16. The number of hydrogen-bond acceptors (Lipinski definition) is 2. The van der Waals surface area contributed by atoms with Crippen molar-refractivity contribution in [1.29, 1.82) is 0 Å². The fourth-order valence-electron chi connectivity index (χ4n) is 3.59. The molecule has 0 bridgehead atoms. The van der Waals surface area contributed by atoms with E-state index >= 15 is 0 Å². The molecule has 1 saturated heterocycles. The number of nitrogens with zero attached hydrogens (tertiary/aromatic N) is 2. The van der Waals surface area contributed by atoms with Crippen LogP contribution in [0.25, 0.3) is 22.0 Å². The molecular weight excluding hydrogens is 281 g/mol. The second-order valence-corrected chi connectivity index (χ2v) is 6.57. The van der Waals surface area contributed by atoms with Crippen molar-refractivity contribution in [2.75, 3.05) is 13.6 Å². The van der Waals surface area contributed by atoms with E-state index in [0.717, 1.165) is 25.3 Å². The van der Waals surface area contributed by atoms with E-state index in [0.29, 0.717) is 6.04 Å². The van der Waals surface area contributed by atoms with Gasteiger partial charge in [0.2, 0.25) is 0 Å². The zero-order chi connectivity index (χ0) is 15.8. The Morgan fingerprint density at radius 2 is 2.00 bits per heavy atom. The Labute approximate surface area is 138 Å². The maximum absolute atomic E-state index is 4.64. The standard InChI is InChI=1S/C19H22BN3/c1-20-16-8-7-13-10-15(6-5-14(13)11-16)17-12-21-19(22-17)18-4-3-9-23(18)2/h5-8,10-12,18,20H,3-4,9H2,1-2H3,(H,21,22)/t18-/m0/s1. The van der Waals surface area contributed by atoms with Crippen LogP contribution in [0.15, 0.2) is 42.6 Å². The molecule has 2 aromatic carbocycles. The van der Waals surface area contributed by atoms with Crippen molar-refractivity contribution in [3.8, 4) is 11.3 Å². The molecule has 0 saturated carbocycles.